The maximum absolute atomic E-state index is 11.7. The zero-order chi connectivity index (χ0) is 13.1. The van der Waals surface area contributed by atoms with E-state index in [2.05, 4.69) is 5.32 Å². The summed E-state index contributed by atoms with van der Waals surface area (Å²) < 4.78 is 5.29. The first-order valence-electron chi connectivity index (χ1n) is 6.49. The normalized spacial score (nSPS) is 20.3. The third kappa shape index (κ3) is 4.94. The summed E-state index contributed by atoms with van der Waals surface area (Å²) in [7, 11) is 0. The van der Waals surface area contributed by atoms with Gasteiger partial charge in [0.2, 0.25) is 0 Å². The van der Waals surface area contributed by atoms with Crippen LogP contribution >= 0.6 is 0 Å². The topological polar surface area (TPSA) is 64.3 Å². The minimum Gasteiger partial charge on any atom is -0.444 e. The monoisotopic (exact) mass is 242 g/mol. The van der Waals surface area contributed by atoms with Gasteiger partial charge in [-0.3, -0.25) is 0 Å². The van der Waals surface area contributed by atoms with E-state index >= 15 is 0 Å². The summed E-state index contributed by atoms with van der Waals surface area (Å²) in [6.45, 7) is 7.63. The molecule has 1 atom stereocenters. The first-order chi connectivity index (χ1) is 7.72. The van der Waals surface area contributed by atoms with Crippen LogP contribution in [-0.2, 0) is 4.74 Å². The second-order valence-corrected chi connectivity index (χ2v) is 6.28. The summed E-state index contributed by atoms with van der Waals surface area (Å²) in [6.07, 6.45) is 4.84. The molecule has 1 amide bonds. The van der Waals surface area contributed by atoms with Crippen molar-refractivity contribution in [1.82, 2.24) is 5.32 Å². The Morgan fingerprint density at radius 2 is 2.06 bits per heavy atom. The molecule has 1 aliphatic carbocycles. The van der Waals surface area contributed by atoms with Crippen LogP contribution in [0.2, 0.25) is 0 Å². The average molecular weight is 242 g/mol. The van der Waals surface area contributed by atoms with Gasteiger partial charge in [-0.2, -0.15) is 0 Å². The molecule has 1 rings (SSSR count). The Bertz CT molecular complexity index is 265. The molecule has 4 nitrogen and oxygen atoms in total. The van der Waals surface area contributed by atoms with E-state index in [4.69, 9.17) is 10.5 Å². The number of amides is 1. The molecule has 0 spiro atoms. The number of carbonyl (C=O) groups excluding carboxylic acids is 1. The minimum atomic E-state index is -0.434. The Morgan fingerprint density at radius 1 is 1.47 bits per heavy atom. The van der Waals surface area contributed by atoms with Gasteiger partial charge in [-0.15, -0.1) is 0 Å². The van der Waals surface area contributed by atoms with Crippen LogP contribution in [0.4, 0.5) is 4.79 Å². The lowest BCUT2D eigenvalue weighted by molar-refractivity contribution is 0.0366. The predicted molar refractivity (Wildman–Crippen MR) is 68.8 cm³/mol. The number of carbonyl (C=O) groups is 1. The number of ether oxygens (including phenoxy) is 1. The number of nitrogens with two attached hydrogens (primary N) is 1. The molecule has 100 valence electrons. The van der Waals surface area contributed by atoms with Gasteiger partial charge in [0.1, 0.15) is 5.60 Å². The van der Waals surface area contributed by atoms with Crippen molar-refractivity contribution in [2.24, 2.45) is 5.73 Å². The van der Waals surface area contributed by atoms with E-state index in [9.17, 15) is 4.79 Å². The average Bonchev–Trinajstić information content (AvgIpc) is 2.05. The van der Waals surface area contributed by atoms with Crippen molar-refractivity contribution >= 4 is 6.09 Å². The Kier molecular flexibility index (Phi) is 4.42. The second-order valence-electron chi connectivity index (χ2n) is 6.28. The second kappa shape index (κ2) is 5.25. The van der Waals surface area contributed by atoms with Gasteiger partial charge < -0.3 is 15.8 Å². The summed E-state index contributed by atoms with van der Waals surface area (Å²) in [4.78, 5) is 11.7. The quantitative estimate of drug-likeness (QED) is 0.796. The highest BCUT2D eigenvalue weighted by atomic mass is 16.6. The minimum absolute atomic E-state index is 0.0596. The van der Waals surface area contributed by atoms with E-state index in [-0.39, 0.29) is 17.7 Å². The molecule has 1 fully saturated rings. The predicted octanol–water partition coefficient (Wildman–Crippen LogP) is 2.56. The molecule has 3 N–H and O–H groups in total. The fraction of sp³-hybridized carbons (Fsp3) is 0.923. The number of rotatable bonds is 4. The van der Waals surface area contributed by atoms with Crippen molar-refractivity contribution in [3.63, 3.8) is 0 Å². The van der Waals surface area contributed by atoms with E-state index in [1.165, 1.54) is 6.42 Å². The maximum Gasteiger partial charge on any atom is 0.408 e. The highest BCUT2D eigenvalue weighted by Gasteiger charge is 2.39. The lowest BCUT2D eigenvalue weighted by Crippen LogP contribution is -2.55. The van der Waals surface area contributed by atoms with Crippen molar-refractivity contribution in [2.75, 3.05) is 0 Å². The van der Waals surface area contributed by atoms with Gasteiger partial charge in [-0.05, 0) is 59.8 Å². The van der Waals surface area contributed by atoms with Crippen molar-refractivity contribution in [2.45, 2.75) is 77.0 Å². The molecule has 0 saturated heterocycles. The lowest BCUT2D eigenvalue weighted by Gasteiger charge is -2.43. The molecule has 4 heteroatoms. The van der Waals surface area contributed by atoms with Crippen molar-refractivity contribution < 1.29 is 9.53 Å². The summed E-state index contributed by atoms with van der Waals surface area (Å²) in [5.74, 6) is 0. The molecule has 0 aromatic rings. The van der Waals surface area contributed by atoms with Gasteiger partial charge in [0.05, 0.1) is 0 Å². The van der Waals surface area contributed by atoms with Gasteiger partial charge in [0, 0.05) is 11.6 Å². The third-order valence-electron chi connectivity index (χ3n) is 3.16. The van der Waals surface area contributed by atoms with Crippen LogP contribution in [-0.4, -0.2) is 23.3 Å². The summed E-state index contributed by atoms with van der Waals surface area (Å²) in [5.41, 5.74) is 5.27. The van der Waals surface area contributed by atoms with Gasteiger partial charge in [0.25, 0.3) is 0 Å². The standard InChI is InChI=1S/C13H26N2O2/c1-10(14)6-9-13(7-5-8-13)15-11(16)17-12(2,3)4/h10H,5-9,14H2,1-4H3,(H,15,16). The van der Waals surface area contributed by atoms with E-state index < -0.39 is 5.60 Å². The highest BCUT2D eigenvalue weighted by molar-refractivity contribution is 5.69. The van der Waals surface area contributed by atoms with Crippen molar-refractivity contribution in [1.29, 1.82) is 0 Å². The Labute approximate surface area is 104 Å². The first kappa shape index (κ1) is 14.3. The number of hydrogen-bond acceptors (Lipinski definition) is 3. The number of nitrogens with one attached hydrogen (secondary N) is 1. The largest absolute Gasteiger partial charge is 0.444 e. The molecule has 1 aliphatic rings. The molecular weight excluding hydrogens is 216 g/mol. The highest BCUT2D eigenvalue weighted by Crippen LogP contribution is 2.36. The van der Waals surface area contributed by atoms with Gasteiger partial charge in [-0.25, -0.2) is 4.79 Å². The fourth-order valence-corrected chi connectivity index (χ4v) is 2.07. The number of alkyl carbamates (subject to hydrolysis) is 1. The third-order valence-corrected chi connectivity index (χ3v) is 3.16. The van der Waals surface area contributed by atoms with Crippen LogP contribution in [0.1, 0.15) is 59.8 Å². The van der Waals surface area contributed by atoms with Gasteiger partial charge in [0.15, 0.2) is 0 Å². The zero-order valence-electron chi connectivity index (χ0n) is 11.5. The number of hydrogen-bond donors (Lipinski definition) is 2. The lowest BCUT2D eigenvalue weighted by atomic mass is 9.73. The summed E-state index contributed by atoms with van der Waals surface area (Å²) in [5, 5.41) is 3.03. The molecule has 0 aromatic heterocycles. The molecule has 17 heavy (non-hydrogen) atoms. The van der Waals surface area contributed by atoms with Crippen LogP contribution in [0.15, 0.2) is 0 Å². The molecule has 0 heterocycles. The molecule has 0 aromatic carbocycles. The summed E-state index contributed by atoms with van der Waals surface area (Å²) >= 11 is 0. The smallest absolute Gasteiger partial charge is 0.408 e. The zero-order valence-corrected chi connectivity index (χ0v) is 11.5. The van der Waals surface area contributed by atoms with Crippen LogP contribution in [0.3, 0.4) is 0 Å². The Balaban J connectivity index is 2.43. The molecule has 0 radical (unpaired) electrons. The van der Waals surface area contributed by atoms with Gasteiger partial charge >= 0.3 is 6.09 Å². The first-order valence-corrected chi connectivity index (χ1v) is 6.49. The van der Waals surface area contributed by atoms with Crippen LogP contribution in [0.5, 0.6) is 0 Å². The van der Waals surface area contributed by atoms with E-state index in [0.717, 1.165) is 25.7 Å². The van der Waals surface area contributed by atoms with Crippen LogP contribution in [0, 0.1) is 0 Å². The maximum atomic E-state index is 11.7. The van der Waals surface area contributed by atoms with E-state index in [0.29, 0.717) is 0 Å². The van der Waals surface area contributed by atoms with E-state index in [1.54, 1.807) is 0 Å². The Hall–Kier alpha value is -0.770. The molecule has 1 saturated carbocycles. The van der Waals surface area contributed by atoms with Crippen LogP contribution < -0.4 is 11.1 Å². The molecular formula is C13H26N2O2. The summed E-state index contributed by atoms with van der Waals surface area (Å²) in [6, 6.07) is 0.188. The Morgan fingerprint density at radius 3 is 2.41 bits per heavy atom. The fourth-order valence-electron chi connectivity index (χ4n) is 2.07. The van der Waals surface area contributed by atoms with Gasteiger partial charge in [-0.1, -0.05) is 0 Å². The molecule has 0 bridgehead atoms. The SMILES string of the molecule is CC(N)CCC1(NC(=O)OC(C)(C)C)CCC1. The molecule has 1 unspecified atom stereocenters. The molecule has 0 aliphatic heterocycles. The van der Waals surface area contributed by atoms with Crippen molar-refractivity contribution in [3.8, 4) is 0 Å². The van der Waals surface area contributed by atoms with Crippen LogP contribution in [0.25, 0.3) is 0 Å². The van der Waals surface area contributed by atoms with Crippen molar-refractivity contribution in [3.05, 3.63) is 0 Å². The van der Waals surface area contributed by atoms with E-state index in [1.807, 2.05) is 27.7 Å².